The Kier molecular flexibility index (Phi) is 5.12. The fraction of sp³-hybridized carbons (Fsp3) is 0.533. The van der Waals surface area contributed by atoms with Gasteiger partial charge in [0.1, 0.15) is 5.75 Å². The molecule has 0 aromatic heterocycles. The SMILES string of the molecule is CC(c1cccc(OC(F)F)c1)N1CCC(C(=O)O)CC1. The molecule has 1 heterocycles. The van der Waals surface area contributed by atoms with Crippen molar-refractivity contribution >= 4 is 5.97 Å². The standard InChI is InChI=1S/C15H19F2NO3/c1-10(18-7-5-11(6-8-18)14(19)20)12-3-2-4-13(9-12)21-15(16)17/h2-4,9-11,15H,5-8H2,1H3,(H,19,20). The minimum absolute atomic E-state index is 0.0426. The zero-order valence-corrected chi connectivity index (χ0v) is 11.8. The normalized spacial score (nSPS) is 18.7. The van der Waals surface area contributed by atoms with E-state index < -0.39 is 12.6 Å². The van der Waals surface area contributed by atoms with Crippen LogP contribution in [-0.4, -0.2) is 35.7 Å². The molecule has 1 unspecified atom stereocenters. The highest BCUT2D eigenvalue weighted by atomic mass is 19.3. The number of carbonyl (C=O) groups is 1. The summed E-state index contributed by atoms with van der Waals surface area (Å²) < 4.78 is 28.9. The highest BCUT2D eigenvalue weighted by Gasteiger charge is 2.27. The van der Waals surface area contributed by atoms with Gasteiger partial charge >= 0.3 is 12.6 Å². The van der Waals surface area contributed by atoms with Crippen LogP contribution in [0.15, 0.2) is 24.3 Å². The van der Waals surface area contributed by atoms with Gasteiger partial charge in [-0.05, 0) is 50.6 Å². The van der Waals surface area contributed by atoms with Gasteiger partial charge in [0, 0.05) is 6.04 Å². The monoisotopic (exact) mass is 299 g/mol. The molecular formula is C15H19F2NO3. The zero-order chi connectivity index (χ0) is 15.4. The van der Waals surface area contributed by atoms with Crippen molar-refractivity contribution in [1.29, 1.82) is 0 Å². The number of likely N-dealkylation sites (tertiary alicyclic amines) is 1. The van der Waals surface area contributed by atoms with Gasteiger partial charge in [-0.3, -0.25) is 9.69 Å². The number of hydrogen-bond donors (Lipinski definition) is 1. The quantitative estimate of drug-likeness (QED) is 0.907. The van der Waals surface area contributed by atoms with Crippen molar-refractivity contribution in [1.82, 2.24) is 4.90 Å². The Morgan fingerprint density at radius 2 is 2.05 bits per heavy atom. The molecule has 1 aromatic rings. The zero-order valence-electron chi connectivity index (χ0n) is 11.8. The summed E-state index contributed by atoms with van der Waals surface area (Å²) >= 11 is 0. The lowest BCUT2D eigenvalue weighted by Crippen LogP contribution is -2.37. The number of halogens is 2. The van der Waals surface area contributed by atoms with Crippen molar-refractivity contribution in [3.8, 4) is 5.75 Å². The van der Waals surface area contributed by atoms with E-state index in [2.05, 4.69) is 9.64 Å². The second kappa shape index (κ2) is 6.85. The van der Waals surface area contributed by atoms with Gasteiger partial charge in [0.15, 0.2) is 0 Å². The van der Waals surface area contributed by atoms with E-state index in [0.29, 0.717) is 25.9 Å². The second-order valence-corrected chi connectivity index (χ2v) is 5.28. The van der Waals surface area contributed by atoms with Gasteiger partial charge in [0.2, 0.25) is 0 Å². The van der Waals surface area contributed by atoms with Crippen LogP contribution >= 0.6 is 0 Å². The number of hydrogen-bond acceptors (Lipinski definition) is 3. The summed E-state index contributed by atoms with van der Waals surface area (Å²) in [6.07, 6.45) is 1.24. The molecule has 116 valence electrons. The summed E-state index contributed by atoms with van der Waals surface area (Å²) in [5.41, 5.74) is 0.891. The van der Waals surface area contributed by atoms with E-state index in [1.54, 1.807) is 12.1 Å². The Labute approximate surface area is 122 Å². The van der Waals surface area contributed by atoms with Crippen molar-refractivity contribution in [2.24, 2.45) is 5.92 Å². The van der Waals surface area contributed by atoms with E-state index in [1.807, 2.05) is 13.0 Å². The molecule has 1 N–H and O–H groups in total. The van der Waals surface area contributed by atoms with Crippen LogP contribution in [-0.2, 0) is 4.79 Å². The fourth-order valence-corrected chi connectivity index (χ4v) is 2.70. The summed E-state index contributed by atoms with van der Waals surface area (Å²) in [4.78, 5) is 13.1. The first-order valence-electron chi connectivity index (χ1n) is 6.99. The number of rotatable bonds is 5. The van der Waals surface area contributed by atoms with Gasteiger partial charge in [-0.1, -0.05) is 12.1 Å². The van der Waals surface area contributed by atoms with Crippen LogP contribution < -0.4 is 4.74 Å². The summed E-state index contributed by atoms with van der Waals surface area (Å²) in [6.45, 7) is 0.542. The number of ether oxygens (including phenoxy) is 1. The van der Waals surface area contributed by atoms with E-state index in [1.165, 1.54) is 6.07 Å². The number of benzene rings is 1. The molecular weight excluding hydrogens is 280 g/mol. The lowest BCUT2D eigenvalue weighted by Gasteiger charge is -2.35. The van der Waals surface area contributed by atoms with Gasteiger partial charge in [0.25, 0.3) is 0 Å². The molecule has 1 aliphatic heterocycles. The highest BCUT2D eigenvalue weighted by molar-refractivity contribution is 5.70. The number of nitrogens with zero attached hydrogens (tertiary/aromatic N) is 1. The minimum atomic E-state index is -2.83. The smallest absolute Gasteiger partial charge is 0.387 e. The maximum atomic E-state index is 12.2. The second-order valence-electron chi connectivity index (χ2n) is 5.28. The molecule has 1 atom stereocenters. The summed E-state index contributed by atoms with van der Waals surface area (Å²) in [7, 11) is 0. The van der Waals surface area contributed by atoms with Crippen molar-refractivity contribution in [2.45, 2.75) is 32.4 Å². The van der Waals surface area contributed by atoms with Gasteiger partial charge in [0.05, 0.1) is 5.92 Å². The van der Waals surface area contributed by atoms with Crippen LogP contribution in [0, 0.1) is 5.92 Å². The van der Waals surface area contributed by atoms with Crippen LogP contribution in [0.4, 0.5) is 8.78 Å². The third kappa shape index (κ3) is 4.14. The molecule has 2 rings (SSSR count). The Morgan fingerprint density at radius 3 is 2.62 bits per heavy atom. The molecule has 0 radical (unpaired) electrons. The first kappa shape index (κ1) is 15.7. The van der Waals surface area contributed by atoms with E-state index in [-0.39, 0.29) is 17.7 Å². The topological polar surface area (TPSA) is 49.8 Å². The Balaban J connectivity index is 2.00. The predicted octanol–water partition coefficient (Wildman–Crippen LogP) is 3.15. The maximum Gasteiger partial charge on any atom is 0.387 e. The molecule has 1 aliphatic rings. The summed E-state index contributed by atoms with van der Waals surface area (Å²) in [5.74, 6) is -0.869. The molecule has 4 nitrogen and oxygen atoms in total. The Morgan fingerprint density at radius 1 is 1.38 bits per heavy atom. The number of piperidine rings is 1. The van der Waals surface area contributed by atoms with Crippen LogP contribution in [0.3, 0.4) is 0 Å². The first-order valence-corrected chi connectivity index (χ1v) is 6.99. The van der Waals surface area contributed by atoms with Crippen molar-refractivity contribution in [3.05, 3.63) is 29.8 Å². The number of carboxylic acids is 1. The van der Waals surface area contributed by atoms with Gasteiger partial charge in [-0.25, -0.2) is 0 Å². The van der Waals surface area contributed by atoms with Crippen molar-refractivity contribution in [3.63, 3.8) is 0 Å². The van der Waals surface area contributed by atoms with Crippen LogP contribution in [0.1, 0.15) is 31.4 Å². The molecule has 0 amide bonds. The highest BCUT2D eigenvalue weighted by Crippen LogP contribution is 2.28. The minimum Gasteiger partial charge on any atom is -0.481 e. The van der Waals surface area contributed by atoms with Crippen LogP contribution in [0.2, 0.25) is 0 Å². The molecule has 0 bridgehead atoms. The van der Waals surface area contributed by atoms with Gasteiger partial charge < -0.3 is 9.84 Å². The van der Waals surface area contributed by atoms with E-state index in [0.717, 1.165) is 5.56 Å². The first-order chi connectivity index (χ1) is 9.97. The third-order valence-electron chi connectivity index (χ3n) is 3.99. The largest absolute Gasteiger partial charge is 0.481 e. The Hall–Kier alpha value is -1.69. The third-order valence-corrected chi connectivity index (χ3v) is 3.99. The lowest BCUT2D eigenvalue weighted by atomic mass is 9.95. The number of alkyl halides is 2. The van der Waals surface area contributed by atoms with E-state index in [4.69, 9.17) is 5.11 Å². The predicted molar refractivity (Wildman–Crippen MR) is 73.4 cm³/mol. The van der Waals surface area contributed by atoms with E-state index in [9.17, 15) is 13.6 Å². The molecule has 1 aromatic carbocycles. The molecule has 6 heteroatoms. The van der Waals surface area contributed by atoms with Crippen molar-refractivity contribution in [2.75, 3.05) is 13.1 Å². The van der Waals surface area contributed by atoms with Crippen molar-refractivity contribution < 1.29 is 23.4 Å². The fourth-order valence-electron chi connectivity index (χ4n) is 2.70. The van der Waals surface area contributed by atoms with Crippen LogP contribution in [0.25, 0.3) is 0 Å². The molecule has 1 fully saturated rings. The van der Waals surface area contributed by atoms with E-state index >= 15 is 0 Å². The molecule has 21 heavy (non-hydrogen) atoms. The number of aliphatic carboxylic acids is 1. The molecule has 0 saturated carbocycles. The average molecular weight is 299 g/mol. The number of carboxylic acid groups (broad SMARTS) is 1. The van der Waals surface area contributed by atoms with Crippen LogP contribution in [0.5, 0.6) is 5.75 Å². The summed E-state index contributed by atoms with van der Waals surface area (Å²) in [6, 6.07) is 6.71. The average Bonchev–Trinajstić information content (AvgIpc) is 2.46. The van der Waals surface area contributed by atoms with Gasteiger partial charge in [-0.15, -0.1) is 0 Å². The molecule has 0 spiro atoms. The maximum absolute atomic E-state index is 12.2. The molecule has 1 saturated heterocycles. The van der Waals surface area contributed by atoms with Gasteiger partial charge in [-0.2, -0.15) is 8.78 Å². The summed E-state index contributed by atoms with van der Waals surface area (Å²) in [5, 5.41) is 8.99. The molecule has 0 aliphatic carbocycles. The Bertz CT molecular complexity index is 488. The lowest BCUT2D eigenvalue weighted by molar-refractivity contribution is -0.143.